The molecule has 0 saturated carbocycles. The molecule has 0 heterocycles. The number of nitrogen functional groups attached to an aromatic ring is 2. The van der Waals surface area contributed by atoms with Gasteiger partial charge in [0, 0.05) is 11.4 Å². The third-order valence-corrected chi connectivity index (χ3v) is 7.16. The van der Waals surface area contributed by atoms with Crippen LogP contribution in [0.25, 0.3) is 0 Å². The van der Waals surface area contributed by atoms with E-state index in [1.165, 1.54) is 35.1 Å². The highest BCUT2D eigenvalue weighted by Crippen LogP contribution is 2.48. The Morgan fingerprint density at radius 2 is 1.06 bits per heavy atom. The van der Waals surface area contributed by atoms with Crippen LogP contribution in [0.5, 0.6) is 0 Å². The van der Waals surface area contributed by atoms with E-state index in [1.807, 2.05) is 12.1 Å². The van der Waals surface area contributed by atoms with Crippen LogP contribution in [-0.4, -0.2) is 44.6 Å². The van der Waals surface area contributed by atoms with Crippen molar-refractivity contribution in [3.63, 3.8) is 0 Å². The van der Waals surface area contributed by atoms with Gasteiger partial charge in [0.15, 0.2) is 12.2 Å². The summed E-state index contributed by atoms with van der Waals surface area (Å²) in [7, 11) is 0. The number of rotatable bonds is 3. The predicted octanol–water partition coefficient (Wildman–Crippen LogP) is 3.98. The van der Waals surface area contributed by atoms with E-state index in [-0.39, 0.29) is 0 Å². The fourth-order valence-corrected chi connectivity index (χ4v) is 5.67. The van der Waals surface area contributed by atoms with Crippen molar-refractivity contribution in [1.29, 1.82) is 0 Å². The molecule has 0 bridgehead atoms. The van der Waals surface area contributed by atoms with Gasteiger partial charge < -0.3 is 31.9 Å². The van der Waals surface area contributed by atoms with Crippen LogP contribution in [0, 0.1) is 0 Å². The molecule has 36 heavy (non-hydrogen) atoms. The lowest BCUT2D eigenvalue weighted by molar-refractivity contribution is -0.165. The zero-order valence-corrected chi connectivity index (χ0v) is 21.9. The number of carboxylic acid groups (broad SMARTS) is 2. The maximum atomic E-state index is 9.77. The molecule has 2 aliphatic carbocycles. The van der Waals surface area contributed by atoms with Gasteiger partial charge in [0.2, 0.25) is 0 Å². The van der Waals surface area contributed by atoms with Crippen LogP contribution < -0.4 is 11.5 Å². The van der Waals surface area contributed by atoms with Gasteiger partial charge in [-0.25, -0.2) is 9.59 Å². The molecule has 8 nitrogen and oxygen atoms in total. The fourth-order valence-electron chi connectivity index (χ4n) is 5.67. The number of aliphatic hydroxyl groups excluding tert-OH is 2. The Hall–Kier alpha value is -3.10. The minimum Gasteiger partial charge on any atom is -0.479 e. The summed E-state index contributed by atoms with van der Waals surface area (Å²) in [5.74, 6) is -2.30. The molecule has 8 N–H and O–H groups in total. The van der Waals surface area contributed by atoms with Gasteiger partial charge in [-0.2, -0.15) is 0 Å². The van der Waals surface area contributed by atoms with Crippen molar-refractivity contribution in [1.82, 2.24) is 0 Å². The lowest BCUT2D eigenvalue weighted by Crippen LogP contribution is -2.39. The third-order valence-electron chi connectivity index (χ3n) is 7.16. The minimum absolute atomic E-state index is 0.310. The highest BCUT2D eigenvalue weighted by atomic mass is 16.4. The van der Waals surface area contributed by atoms with E-state index >= 15 is 0 Å². The van der Waals surface area contributed by atoms with Crippen LogP contribution in [0.4, 0.5) is 11.4 Å². The average Bonchev–Trinajstić information content (AvgIpc) is 3.16. The van der Waals surface area contributed by atoms with Gasteiger partial charge in [0.05, 0.1) is 0 Å². The largest absolute Gasteiger partial charge is 0.479 e. The molecule has 0 aromatic heterocycles. The first-order valence-corrected chi connectivity index (χ1v) is 12.1. The SMILES string of the molecule is CC1CC(C)(C)c2cccc(N)c21.CC1CC(C)(C)c2cccc(N)c21.O=C(O)C(O)C(O)C(=O)O. The van der Waals surface area contributed by atoms with Crippen molar-refractivity contribution in [3.8, 4) is 0 Å². The van der Waals surface area contributed by atoms with E-state index in [2.05, 4.69) is 65.8 Å². The molecule has 2 aliphatic rings. The molecule has 0 radical (unpaired) electrons. The van der Waals surface area contributed by atoms with Crippen molar-refractivity contribution in [2.45, 2.75) is 89.3 Å². The summed E-state index contributed by atoms with van der Waals surface area (Å²) in [4.78, 5) is 19.5. The standard InChI is InChI=1S/2C12H17N.C4H6O6/c2*1-8-7-12(2,3)9-5-4-6-10(13)11(8)9;5-1(3(7)8)2(6)4(9)10/h2*4-6,8H,7,13H2,1-3H3;1-2,5-6H,(H,7,8)(H,9,10). The zero-order valence-electron chi connectivity index (χ0n) is 21.9. The van der Waals surface area contributed by atoms with Crippen molar-refractivity contribution < 1.29 is 30.0 Å². The minimum atomic E-state index is -2.27. The summed E-state index contributed by atoms with van der Waals surface area (Å²) in [6.07, 6.45) is -2.09. The monoisotopic (exact) mass is 500 g/mol. The van der Waals surface area contributed by atoms with Crippen molar-refractivity contribution >= 4 is 23.3 Å². The van der Waals surface area contributed by atoms with Gasteiger partial charge >= 0.3 is 11.9 Å². The van der Waals surface area contributed by atoms with Crippen molar-refractivity contribution in [2.75, 3.05) is 11.5 Å². The van der Waals surface area contributed by atoms with Crippen molar-refractivity contribution in [3.05, 3.63) is 58.7 Å². The first-order valence-electron chi connectivity index (χ1n) is 12.1. The number of carbonyl (C=O) groups is 2. The van der Waals surface area contributed by atoms with Crippen LogP contribution >= 0.6 is 0 Å². The van der Waals surface area contributed by atoms with Crippen molar-refractivity contribution in [2.24, 2.45) is 0 Å². The number of hydrogen-bond donors (Lipinski definition) is 6. The predicted molar refractivity (Wildman–Crippen MR) is 141 cm³/mol. The Bertz CT molecular complexity index is 1020. The fraction of sp³-hybridized carbons (Fsp3) is 0.500. The van der Waals surface area contributed by atoms with Gasteiger partial charge in [0.25, 0.3) is 0 Å². The first-order chi connectivity index (χ1) is 16.5. The number of benzene rings is 2. The molecule has 0 amide bonds. The Morgan fingerprint density at radius 1 is 0.750 bits per heavy atom. The topological polar surface area (TPSA) is 167 Å². The molecular formula is C28H40N2O6. The van der Waals surface area contributed by atoms with Crippen LogP contribution in [0.15, 0.2) is 36.4 Å². The summed E-state index contributed by atoms with van der Waals surface area (Å²) in [6.45, 7) is 13.7. The summed E-state index contributed by atoms with van der Waals surface area (Å²) in [6, 6.07) is 12.6. The molecule has 8 heteroatoms. The Morgan fingerprint density at radius 3 is 1.31 bits per heavy atom. The van der Waals surface area contributed by atoms with E-state index in [4.69, 9.17) is 31.9 Å². The average molecular weight is 501 g/mol. The van der Waals surface area contributed by atoms with E-state index in [1.54, 1.807) is 0 Å². The molecule has 2 aromatic carbocycles. The third kappa shape index (κ3) is 6.17. The highest BCUT2D eigenvalue weighted by Gasteiger charge is 2.36. The molecule has 4 rings (SSSR count). The number of carboxylic acids is 2. The second-order valence-corrected chi connectivity index (χ2v) is 11.2. The van der Waals surface area contributed by atoms with Crippen LogP contribution in [0.2, 0.25) is 0 Å². The maximum absolute atomic E-state index is 9.77. The number of nitrogens with two attached hydrogens (primary N) is 2. The summed E-state index contributed by atoms with van der Waals surface area (Å²) >= 11 is 0. The summed E-state index contributed by atoms with van der Waals surface area (Å²) in [5.41, 5.74) is 20.2. The lowest BCUT2D eigenvalue weighted by Gasteiger charge is -2.18. The lowest BCUT2D eigenvalue weighted by atomic mass is 9.86. The number of anilines is 2. The summed E-state index contributed by atoms with van der Waals surface area (Å²) in [5, 5.41) is 32.5. The molecule has 4 unspecified atom stereocenters. The van der Waals surface area contributed by atoms with E-state index in [0.29, 0.717) is 22.7 Å². The molecule has 0 saturated heterocycles. The van der Waals surface area contributed by atoms with E-state index in [9.17, 15) is 9.59 Å². The van der Waals surface area contributed by atoms with E-state index < -0.39 is 24.1 Å². The molecular weight excluding hydrogens is 460 g/mol. The molecule has 0 aliphatic heterocycles. The smallest absolute Gasteiger partial charge is 0.335 e. The molecule has 0 fully saturated rings. The molecule has 198 valence electrons. The Kier molecular flexibility index (Phi) is 8.81. The highest BCUT2D eigenvalue weighted by molar-refractivity contribution is 5.83. The first kappa shape index (κ1) is 29.1. The Labute approximate surface area is 213 Å². The normalized spacial score (nSPS) is 22.0. The van der Waals surface area contributed by atoms with Crippen LogP contribution in [0.3, 0.4) is 0 Å². The maximum Gasteiger partial charge on any atom is 0.335 e. The molecule has 4 atom stereocenters. The van der Waals surface area contributed by atoms with Crippen LogP contribution in [-0.2, 0) is 20.4 Å². The number of hydrogen-bond acceptors (Lipinski definition) is 6. The Balaban J connectivity index is 0.000000193. The molecule has 0 spiro atoms. The zero-order chi connectivity index (χ0) is 27.6. The van der Waals surface area contributed by atoms with E-state index in [0.717, 1.165) is 11.4 Å². The van der Waals surface area contributed by atoms with Gasteiger partial charge in [0.1, 0.15) is 0 Å². The number of aliphatic carboxylic acids is 2. The van der Waals surface area contributed by atoms with Gasteiger partial charge in [-0.3, -0.25) is 0 Å². The van der Waals surface area contributed by atoms with Gasteiger partial charge in [-0.1, -0.05) is 65.8 Å². The second-order valence-electron chi connectivity index (χ2n) is 11.2. The summed E-state index contributed by atoms with van der Waals surface area (Å²) < 4.78 is 0. The molecule has 2 aromatic rings. The second kappa shape index (κ2) is 10.9. The number of fused-ring (bicyclic) bond motifs is 2. The number of aliphatic hydroxyl groups is 2. The quantitative estimate of drug-likeness (QED) is 0.344. The van der Waals surface area contributed by atoms with Gasteiger partial charge in [-0.05, 0) is 69.9 Å². The van der Waals surface area contributed by atoms with Crippen LogP contribution in [0.1, 0.15) is 88.5 Å². The van der Waals surface area contributed by atoms with Gasteiger partial charge in [-0.15, -0.1) is 0 Å².